The lowest BCUT2D eigenvalue weighted by atomic mass is 10.0. The summed E-state index contributed by atoms with van der Waals surface area (Å²) in [5.74, 6) is -1.15. The predicted molar refractivity (Wildman–Crippen MR) is 150 cm³/mol. The maximum atomic E-state index is 13.2. The van der Waals surface area contributed by atoms with Crippen molar-refractivity contribution in [2.45, 2.75) is 25.9 Å². The number of nitrogens with zero attached hydrogens (tertiary/aromatic N) is 2. The summed E-state index contributed by atoms with van der Waals surface area (Å²) in [7, 11) is 0. The van der Waals surface area contributed by atoms with Crippen LogP contribution < -0.4 is 10.7 Å². The molecule has 0 aliphatic carbocycles. The van der Waals surface area contributed by atoms with Gasteiger partial charge in [0.15, 0.2) is 5.78 Å². The molecule has 1 aliphatic heterocycles. The average Bonchev–Trinajstić information content (AvgIpc) is 3.52. The van der Waals surface area contributed by atoms with E-state index in [0.717, 1.165) is 22.3 Å². The summed E-state index contributed by atoms with van der Waals surface area (Å²) in [6, 6.07) is 25.2. The van der Waals surface area contributed by atoms with Gasteiger partial charge >= 0.3 is 0 Å². The molecule has 1 aromatic heterocycles. The van der Waals surface area contributed by atoms with E-state index in [9.17, 15) is 18.8 Å². The first-order valence-electron chi connectivity index (χ1n) is 13.3. The van der Waals surface area contributed by atoms with Crippen molar-refractivity contribution in [3.05, 3.63) is 131 Å². The molecule has 204 valence electrons. The Morgan fingerprint density at radius 1 is 0.850 bits per heavy atom. The second-order valence-corrected chi connectivity index (χ2v) is 10.0. The van der Waals surface area contributed by atoms with Crippen molar-refractivity contribution in [3.8, 4) is 0 Å². The molecule has 0 saturated carbocycles. The Balaban J connectivity index is 1.23. The maximum absolute atomic E-state index is 13.2. The van der Waals surface area contributed by atoms with Crippen LogP contribution in [0.4, 0.5) is 4.39 Å². The molecule has 2 N–H and O–H groups in total. The number of likely N-dealkylation sites (tertiary alicyclic amines) is 1. The molecule has 1 atom stereocenters. The lowest BCUT2D eigenvalue weighted by molar-refractivity contribution is -0.128. The number of hydrogen-bond acceptors (Lipinski definition) is 4. The first-order valence-corrected chi connectivity index (χ1v) is 13.3. The zero-order chi connectivity index (χ0) is 27.9. The summed E-state index contributed by atoms with van der Waals surface area (Å²) < 4.78 is 14.9. The summed E-state index contributed by atoms with van der Waals surface area (Å²) in [6.45, 7) is 1.29. The van der Waals surface area contributed by atoms with Crippen LogP contribution in [0.15, 0.2) is 97.3 Å². The van der Waals surface area contributed by atoms with Crippen molar-refractivity contribution < 1.29 is 18.8 Å². The van der Waals surface area contributed by atoms with Crippen molar-refractivity contribution in [1.29, 1.82) is 0 Å². The molecule has 8 heteroatoms. The molecule has 1 saturated heterocycles. The lowest BCUT2D eigenvalue weighted by Crippen LogP contribution is -2.31. The second-order valence-electron chi connectivity index (χ2n) is 10.0. The number of carbonyl (C=O) groups is 3. The summed E-state index contributed by atoms with van der Waals surface area (Å²) in [4.78, 5) is 39.9. The number of amides is 2. The molecular weight excluding hydrogens is 507 g/mol. The van der Waals surface area contributed by atoms with Gasteiger partial charge < -0.3 is 10.2 Å². The number of benzene rings is 3. The summed E-state index contributed by atoms with van der Waals surface area (Å²) in [5, 5.41) is 3.24. The minimum Gasteiger partial charge on any atom is -0.338 e. The quantitative estimate of drug-likeness (QED) is 0.279. The molecule has 7 nitrogen and oxygen atoms in total. The first-order chi connectivity index (χ1) is 19.4. The fourth-order valence-corrected chi connectivity index (χ4v) is 4.90. The number of rotatable bonds is 11. The van der Waals surface area contributed by atoms with Gasteiger partial charge in [-0.2, -0.15) is 0 Å². The van der Waals surface area contributed by atoms with Crippen LogP contribution in [0, 0.1) is 11.7 Å². The van der Waals surface area contributed by atoms with E-state index < -0.39 is 5.92 Å². The number of ketones is 1. The normalized spacial score (nSPS) is 14.9. The number of halogens is 1. The zero-order valence-electron chi connectivity index (χ0n) is 22.1. The Kier molecular flexibility index (Phi) is 8.47. The first kappa shape index (κ1) is 27.0. The smallest absolute Gasteiger partial charge is 0.244 e. The van der Waals surface area contributed by atoms with Crippen LogP contribution in [0.3, 0.4) is 0 Å². The number of aromatic nitrogens is 1. The molecule has 40 heavy (non-hydrogen) atoms. The molecule has 0 radical (unpaired) electrons. The lowest BCUT2D eigenvalue weighted by Gasteiger charge is -2.17. The van der Waals surface area contributed by atoms with Crippen LogP contribution in [0.25, 0.3) is 0 Å². The summed E-state index contributed by atoms with van der Waals surface area (Å²) in [5.41, 5.74) is 7.51. The molecule has 0 spiro atoms. The number of hydrogen-bond donors (Lipinski definition) is 2. The van der Waals surface area contributed by atoms with Gasteiger partial charge in [0, 0.05) is 44.0 Å². The topological polar surface area (TPSA) is 83.4 Å². The van der Waals surface area contributed by atoms with Crippen LogP contribution in [0.2, 0.25) is 0 Å². The van der Waals surface area contributed by atoms with Crippen molar-refractivity contribution >= 4 is 17.6 Å². The number of nitrogens with one attached hydrogen (secondary N) is 2. The Morgan fingerprint density at radius 3 is 2.25 bits per heavy atom. The third-order valence-corrected chi connectivity index (χ3v) is 7.05. The molecule has 3 aromatic carbocycles. The van der Waals surface area contributed by atoms with E-state index in [2.05, 4.69) is 10.7 Å². The summed E-state index contributed by atoms with van der Waals surface area (Å²) in [6.07, 6.45) is 4.53. The van der Waals surface area contributed by atoms with Gasteiger partial charge in [0.25, 0.3) is 0 Å². The van der Waals surface area contributed by atoms with Gasteiger partial charge in [0.2, 0.25) is 11.8 Å². The largest absolute Gasteiger partial charge is 0.338 e. The highest BCUT2D eigenvalue weighted by molar-refractivity contribution is 5.97. The third kappa shape index (κ3) is 6.90. The number of carbonyl (C=O) groups excluding carboxylic acids is 3. The molecule has 5 rings (SSSR count). The standard InChI is InChI=1S/C32H31FN4O3/c33-29-13-11-24(12-14-29)19-36-20-27(16-31(36)39)32(40)35-37-21-26(15-23-7-3-1-4-8-23)28(22-37)17-34-18-30(38)25-9-5-2-6-10-25/h1-14,21-22,27,34H,15-20H2,(H,35,40)/t27-/m1/s1. The van der Waals surface area contributed by atoms with Gasteiger partial charge in [-0.15, -0.1) is 0 Å². The average molecular weight is 539 g/mol. The van der Waals surface area contributed by atoms with Crippen LogP contribution in [-0.2, 0) is 29.1 Å². The molecule has 1 fully saturated rings. The Bertz CT molecular complexity index is 1470. The van der Waals surface area contributed by atoms with Gasteiger partial charge in [0.1, 0.15) is 5.82 Å². The second kappa shape index (κ2) is 12.5. The molecule has 0 bridgehead atoms. The molecule has 2 heterocycles. The Hall–Kier alpha value is -4.56. The third-order valence-electron chi connectivity index (χ3n) is 7.05. The SMILES string of the molecule is O=C(CNCc1cn(NC(=O)[C@@H]2CC(=O)N(Cc3ccc(F)cc3)C2)cc1Cc1ccccc1)c1ccccc1. The molecule has 1 aliphatic rings. The van der Waals surface area contributed by atoms with E-state index in [-0.39, 0.29) is 36.4 Å². The minimum absolute atomic E-state index is 0.00837. The highest BCUT2D eigenvalue weighted by Gasteiger charge is 2.34. The van der Waals surface area contributed by atoms with Crippen molar-refractivity contribution in [2.75, 3.05) is 18.5 Å². The summed E-state index contributed by atoms with van der Waals surface area (Å²) >= 11 is 0. The van der Waals surface area contributed by atoms with Crippen LogP contribution in [-0.4, -0.2) is 40.3 Å². The van der Waals surface area contributed by atoms with E-state index in [1.165, 1.54) is 12.1 Å². The van der Waals surface area contributed by atoms with E-state index >= 15 is 0 Å². The Labute approximate surface area is 232 Å². The zero-order valence-corrected chi connectivity index (χ0v) is 22.1. The van der Waals surface area contributed by atoms with Gasteiger partial charge in [-0.05, 0) is 40.8 Å². The van der Waals surface area contributed by atoms with Gasteiger partial charge in [0.05, 0.1) is 12.5 Å². The van der Waals surface area contributed by atoms with Gasteiger partial charge in [-0.3, -0.25) is 24.5 Å². The molecule has 0 unspecified atom stereocenters. The predicted octanol–water partition coefficient (Wildman–Crippen LogP) is 4.31. The van der Waals surface area contributed by atoms with Crippen molar-refractivity contribution in [3.63, 3.8) is 0 Å². The van der Waals surface area contributed by atoms with Crippen LogP contribution in [0.1, 0.15) is 39.0 Å². The van der Waals surface area contributed by atoms with Crippen molar-refractivity contribution in [2.24, 2.45) is 5.92 Å². The van der Waals surface area contributed by atoms with Gasteiger partial charge in [-0.1, -0.05) is 72.8 Å². The van der Waals surface area contributed by atoms with Crippen LogP contribution in [0.5, 0.6) is 0 Å². The van der Waals surface area contributed by atoms with Crippen molar-refractivity contribution in [1.82, 2.24) is 14.9 Å². The minimum atomic E-state index is -0.488. The number of Topliss-reactive ketones (excluding diaryl/α,β-unsaturated/α-hetero) is 1. The fourth-order valence-electron chi connectivity index (χ4n) is 4.90. The Morgan fingerprint density at radius 2 is 1.52 bits per heavy atom. The van der Waals surface area contributed by atoms with E-state index in [0.29, 0.717) is 31.6 Å². The molecule has 2 amide bonds. The maximum Gasteiger partial charge on any atom is 0.244 e. The monoisotopic (exact) mass is 538 g/mol. The van der Waals surface area contributed by atoms with E-state index in [4.69, 9.17) is 0 Å². The molecular formula is C32H31FN4O3. The van der Waals surface area contributed by atoms with E-state index in [1.54, 1.807) is 33.8 Å². The van der Waals surface area contributed by atoms with Crippen LogP contribution >= 0.6 is 0 Å². The van der Waals surface area contributed by atoms with Gasteiger partial charge in [-0.25, -0.2) is 4.39 Å². The fraction of sp³-hybridized carbons (Fsp3) is 0.219. The highest BCUT2D eigenvalue weighted by Crippen LogP contribution is 2.22. The van der Waals surface area contributed by atoms with E-state index in [1.807, 2.05) is 60.9 Å². The highest BCUT2D eigenvalue weighted by atomic mass is 19.1. The molecule has 4 aromatic rings.